The molecule has 2 heterocycles. The highest BCUT2D eigenvalue weighted by atomic mass is 15.1. The molecule has 0 amide bonds. The summed E-state index contributed by atoms with van der Waals surface area (Å²) in [6.07, 6.45) is 8.55. The average molecular weight is 198 g/mol. The van der Waals surface area contributed by atoms with Crippen molar-refractivity contribution in [3.63, 3.8) is 0 Å². The van der Waals surface area contributed by atoms with Crippen LogP contribution in [0.25, 0.3) is 0 Å². The lowest BCUT2D eigenvalue weighted by atomic mass is 10.2. The van der Waals surface area contributed by atoms with E-state index in [-0.39, 0.29) is 0 Å². The topological polar surface area (TPSA) is 6.48 Å². The number of rotatable bonds is 0. The van der Waals surface area contributed by atoms with Crippen LogP contribution in [0, 0.1) is 0 Å². The molecule has 2 rings (SSSR count). The average Bonchev–Trinajstić information content (AvgIpc) is 2.51. The van der Waals surface area contributed by atoms with Crippen LogP contribution >= 0.6 is 0 Å². The maximum Gasteiger partial charge on any atom is -0.00213 e. The standard InChI is InChI=1S/C7H15N.C5H11N/c1-8-6-4-2-3-5-7-8;1-6-4-2-3-5-6/h2-7H2,1H3;2-5H2,1H3. The molecule has 2 aliphatic rings. The molecule has 2 saturated heterocycles. The fourth-order valence-electron chi connectivity index (χ4n) is 2.10. The van der Waals surface area contributed by atoms with Crippen LogP contribution in [0.4, 0.5) is 0 Å². The SMILES string of the molecule is CN1CCCC1.CN1CCCCCC1. The summed E-state index contributed by atoms with van der Waals surface area (Å²) in [7, 11) is 4.39. The number of hydrogen-bond donors (Lipinski definition) is 0. The van der Waals surface area contributed by atoms with Crippen LogP contribution in [0.3, 0.4) is 0 Å². The Kier molecular flexibility index (Phi) is 6.20. The lowest BCUT2D eigenvalue weighted by Crippen LogP contribution is -2.18. The van der Waals surface area contributed by atoms with E-state index in [0.29, 0.717) is 0 Å². The first-order valence-electron chi connectivity index (χ1n) is 6.16. The van der Waals surface area contributed by atoms with Gasteiger partial charge < -0.3 is 9.80 Å². The molecule has 0 bridgehead atoms. The molecule has 84 valence electrons. The van der Waals surface area contributed by atoms with E-state index in [9.17, 15) is 0 Å². The maximum absolute atomic E-state index is 2.42. The van der Waals surface area contributed by atoms with Gasteiger partial charge in [-0.3, -0.25) is 0 Å². The first-order chi connectivity index (χ1) is 6.79. The molecule has 0 saturated carbocycles. The van der Waals surface area contributed by atoms with Gasteiger partial charge in [0.25, 0.3) is 0 Å². The molecule has 2 heteroatoms. The Morgan fingerprint density at radius 3 is 1.07 bits per heavy atom. The van der Waals surface area contributed by atoms with Crippen molar-refractivity contribution in [3.8, 4) is 0 Å². The fourth-order valence-corrected chi connectivity index (χ4v) is 2.10. The fraction of sp³-hybridized carbons (Fsp3) is 1.00. The molecule has 0 aromatic heterocycles. The van der Waals surface area contributed by atoms with E-state index in [1.807, 2.05) is 0 Å². The molecule has 0 radical (unpaired) electrons. The molecule has 2 fully saturated rings. The summed E-state index contributed by atoms with van der Waals surface area (Å²) in [4.78, 5) is 4.78. The van der Waals surface area contributed by atoms with Gasteiger partial charge in [0, 0.05) is 0 Å². The van der Waals surface area contributed by atoms with E-state index < -0.39 is 0 Å². The second-order valence-electron chi connectivity index (χ2n) is 4.73. The van der Waals surface area contributed by atoms with Crippen LogP contribution in [-0.2, 0) is 0 Å². The van der Waals surface area contributed by atoms with Gasteiger partial charge in [0.1, 0.15) is 0 Å². The summed E-state index contributed by atoms with van der Waals surface area (Å²) < 4.78 is 0. The van der Waals surface area contributed by atoms with Crippen LogP contribution in [0.2, 0.25) is 0 Å². The third-order valence-electron chi connectivity index (χ3n) is 3.16. The second-order valence-corrected chi connectivity index (χ2v) is 4.73. The van der Waals surface area contributed by atoms with E-state index in [4.69, 9.17) is 0 Å². The summed E-state index contributed by atoms with van der Waals surface area (Å²) in [5.74, 6) is 0. The highest BCUT2D eigenvalue weighted by Crippen LogP contribution is 2.06. The summed E-state index contributed by atoms with van der Waals surface area (Å²) in [5.41, 5.74) is 0. The molecule has 0 N–H and O–H groups in total. The van der Waals surface area contributed by atoms with Crippen molar-refractivity contribution < 1.29 is 0 Å². The minimum atomic E-state index is 1.32. The smallest absolute Gasteiger partial charge is 0.00213 e. The van der Waals surface area contributed by atoms with Crippen LogP contribution in [0.1, 0.15) is 38.5 Å². The molecule has 0 unspecified atom stereocenters. The van der Waals surface area contributed by atoms with Crippen molar-refractivity contribution in [3.05, 3.63) is 0 Å². The molecule has 0 atom stereocenters. The summed E-state index contributed by atoms with van der Waals surface area (Å²) in [6, 6.07) is 0. The van der Waals surface area contributed by atoms with Gasteiger partial charge in [-0.1, -0.05) is 12.8 Å². The normalized spacial score (nSPS) is 25.3. The molecule has 0 aromatic rings. The summed E-state index contributed by atoms with van der Waals surface area (Å²) >= 11 is 0. The van der Waals surface area contributed by atoms with Crippen molar-refractivity contribution in [2.24, 2.45) is 0 Å². The van der Waals surface area contributed by atoms with E-state index in [2.05, 4.69) is 23.9 Å². The van der Waals surface area contributed by atoms with Gasteiger partial charge in [0.15, 0.2) is 0 Å². The molecule has 0 aliphatic carbocycles. The van der Waals surface area contributed by atoms with Crippen LogP contribution < -0.4 is 0 Å². The minimum absolute atomic E-state index is 1.32. The number of likely N-dealkylation sites (tertiary alicyclic amines) is 2. The highest BCUT2D eigenvalue weighted by Gasteiger charge is 2.03. The maximum atomic E-state index is 2.42. The van der Waals surface area contributed by atoms with Gasteiger partial charge in [-0.2, -0.15) is 0 Å². The van der Waals surface area contributed by atoms with Crippen molar-refractivity contribution in [2.45, 2.75) is 38.5 Å². The van der Waals surface area contributed by atoms with E-state index in [1.165, 1.54) is 64.7 Å². The lowest BCUT2D eigenvalue weighted by Gasteiger charge is -2.10. The predicted molar refractivity (Wildman–Crippen MR) is 62.7 cm³/mol. The van der Waals surface area contributed by atoms with Gasteiger partial charge in [-0.25, -0.2) is 0 Å². The molecular weight excluding hydrogens is 172 g/mol. The van der Waals surface area contributed by atoms with Crippen LogP contribution in [0.5, 0.6) is 0 Å². The van der Waals surface area contributed by atoms with Gasteiger partial charge in [0.2, 0.25) is 0 Å². The zero-order valence-electron chi connectivity index (χ0n) is 9.97. The van der Waals surface area contributed by atoms with Gasteiger partial charge in [-0.05, 0) is 66.0 Å². The van der Waals surface area contributed by atoms with Gasteiger partial charge in [-0.15, -0.1) is 0 Å². The zero-order chi connectivity index (χ0) is 10.2. The summed E-state index contributed by atoms with van der Waals surface area (Å²) in [5, 5.41) is 0. The van der Waals surface area contributed by atoms with Crippen molar-refractivity contribution in [2.75, 3.05) is 40.3 Å². The number of nitrogens with zero attached hydrogens (tertiary/aromatic N) is 2. The zero-order valence-corrected chi connectivity index (χ0v) is 9.97. The Morgan fingerprint density at radius 1 is 0.500 bits per heavy atom. The Hall–Kier alpha value is -0.0800. The molecular formula is C12H26N2. The van der Waals surface area contributed by atoms with E-state index in [1.54, 1.807) is 0 Å². The monoisotopic (exact) mass is 198 g/mol. The minimum Gasteiger partial charge on any atom is -0.306 e. The molecule has 2 nitrogen and oxygen atoms in total. The van der Waals surface area contributed by atoms with Gasteiger partial charge >= 0.3 is 0 Å². The third kappa shape index (κ3) is 5.61. The molecule has 0 aromatic carbocycles. The van der Waals surface area contributed by atoms with E-state index >= 15 is 0 Å². The Morgan fingerprint density at radius 2 is 0.786 bits per heavy atom. The van der Waals surface area contributed by atoms with E-state index in [0.717, 1.165) is 0 Å². The Bertz CT molecular complexity index is 122. The van der Waals surface area contributed by atoms with Crippen LogP contribution in [0.15, 0.2) is 0 Å². The van der Waals surface area contributed by atoms with Crippen molar-refractivity contribution in [1.82, 2.24) is 9.80 Å². The Balaban J connectivity index is 0.000000146. The van der Waals surface area contributed by atoms with Crippen molar-refractivity contribution in [1.29, 1.82) is 0 Å². The summed E-state index contributed by atoms with van der Waals surface area (Å²) in [6.45, 7) is 5.28. The largest absolute Gasteiger partial charge is 0.306 e. The van der Waals surface area contributed by atoms with Crippen LogP contribution in [-0.4, -0.2) is 50.1 Å². The first-order valence-corrected chi connectivity index (χ1v) is 6.16. The quantitative estimate of drug-likeness (QED) is 0.589. The third-order valence-corrected chi connectivity index (χ3v) is 3.16. The molecule has 0 spiro atoms. The molecule has 14 heavy (non-hydrogen) atoms. The lowest BCUT2D eigenvalue weighted by molar-refractivity contribution is 0.349. The predicted octanol–water partition coefficient (Wildman–Crippen LogP) is 2.20. The number of hydrogen-bond acceptors (Lipinski definition) is 2. The highest BCUT2D eigenvalue weighted by molar-refractivity contribution is 4.59. The first kappa shape index (κ1) is 12.0. The molecule has 2 aliphatic heterocycles. The van der Waals surface area contributed by atoms with Crippen molar-refractivity contribution >= 4 is 0 Å². The second kappa shape index (κ2) is 7.24. The van der Waals surface area contributed by atoms with Gasteiger partial charge in [0.05, 0.1) is 0 Å². The Labute approximate surface area is 89.3 Å².